The summed E-state index contributed by atoms with van der Waals surface area (Å²) < 4.78 is 2.02. The molecule has 0 bridgehead atoms. The number of aromatic nitrogens is 1. The molecule has 0 spiro atoms. The number of nitrogens with zero attached hydrogens (tertiary/aromatic N) is 2. The topological polar surface area (TPSA) is 45.8 Å². The highest BCUT2D eigenvalue weighted by Gasteiger charge is 2.15. The summed E-state index contributed by atoms with van der Waals surface area (Å²) in [5.74, 6) is 0.182. The second kappa shape index (κ2) is 5.67. The number of carbonyl (C=O) groups excluding carboxylic acids is 1. The van der Waals surface area contributed by atoms with Crippen LogP contribution in [0.1, 0.15) is 50.4 Å². The number of hydrogen-bond acceptors (Lipinski definition) is 2. The fourth-order valence-corrected chi connectivity index (χ4v) is 1.71. The summed E-state index contributed by atoms with van der Waals surface area (Å²) in [7, 11) is 0. The zero-order valence-electron chi connectivity index (χ0n) is 10.9. The van der Waals surface area contributed by atoms with Gasteiger partial charge in [-0.3, -0.25) is 4.79 Å². The van der Waals surface area contributed by atoms with E-state index in [0.29, 0.717) is 6.42 Å². The molecule has 1 heterocycles. The minimum atomic E-state index is -0.255. The van der Waals surface area contributed by atoms with Crippen LogP contribution < -0.4 is 0 Å². The quantitative estimate of drug-likeness (QED) is 0.705. The third-order valence-corrected chi connectivity index (χ3v) is 2.91. The van der Waals surface area contributed by atoms with E-state index in [0.717, 1.165) is 24.9 Å². The van der Waals surface area contributed by atoms with Crippen molar-refractivity contribution in [1.82, 2.24) is 4.57 Å². The summed E-state index contributed by atoms with van der Waals surface area (Å²) in [6.45, 7) is 6.64. The van der Waals surface area contributed by atoms with Crippen molar-refractivity contribution in [2.45, 2.75) is 46.6 Å². The third kappa shape index (κ3) is 4.07. The Morgan fingerprint density at radius 3 is 2.82 bits per heavy atom. The maximum Gasteiger partial charge on any atom is 0.164 e. The van der Waals surface area contributed by atoms with Crippen molar-refractivity contribution in [2.24, 2.45) is 5.41 Å². The van der Waals surface area contributed by atoms with Crippen LogP contribution in [0.2, 0.25) is 0 Å². The van der Waals surface area contributed by atoms with Crippen molar-refractivity contribution in [1.29, 1.82) is 5.26 Å². The molecule has 0 fully saturated rings. The number of ketones is 1. The minimum Gasteiger partial charge on any atom is -0.354 e. The minimum absolute atomic E-state index is 0.182. The van der Waals surface area contributed by atoms with Crippen molar-refractivity contribution >= 4 is 5.78 Å². The molecule has 3 heteroatoms. The van der Waals surface area contributed by atoms with Gasteiger partial charge in [0.1, 0.15) is 0 Å². The molecule has 0 aliphatic carbocycles. The molecule has 92 valence electrons. The average Bonchev–Trinajstić information content (AvgIpc) is 2.76. The second-order valence-corrected chi connectivity index (χ2v) is 5.01. The molecule has 0 aliphatic heterocycles. The number of Topliss-reactive ketones (excluding diaryl/α,β-unsaturated/α-hetero) is 1. The van der Waals surface area contributed by atoms with E-state index in [2.05, 4.69) is 6.07 Å². The molecule has 0 N–H and O–H groups in total. The first-order valence-electron chi connectivity index (χ1n) is 6.09. The van der Waals surface area contributed by atoms with Crippen LogP contribution in [0.5, 0.6) is 0 Å². The Bertz CT molecular complexity index is 424. The van der Waals surface area contributed by atoms with E-state index in [-0.39, 0.29) is 11.2 Å². The molecule has 0 saturated carbocycles. The standard InChI is InChI=1S/C14H20N2O/c1-4-13(17)12-6-9-16(10-12)8-5-7-14(2,3)11-15/h6,9-10H,4-5,7-8H2,1-3H3. The molecule has 0 radical (unpaired) electrons. The van der Waals surface area contributed by atoms with Crippen LogP contribution in [0.4, 0.5) is 0 Å². The first kappa shape index (κ1) is 13.5. The van der Waals surface area contributed by atoms with Crippen molar-refractivity contribution in [3.63, 3.8) is 0 Å². The van der Waals surface area contributed by atoms with E-state index in [1.54, 1.807) is 0 Å². The fourth-order valence-electron chi connectivity index (χ4n) is 1.71. The average molecular weight is 232 g/mol. The van der Waals surface area contributed by atoms with Gasteiger partial charge in [-0.1, -0.05) is 6.92 Å². The zero-order chi connectivity index (χ0) is 12.9. The molecule has 0 aromatic carbocycles. The van der Waals surface area contributed by atoms with Gasteiger partial charge < -0.3 is 4.57 Å². The van der Waals surface area contributed by atoms with Crippen molar-refractivity contribution in [3.05, 3.63) is 24.0 Å². The third-order valence-electron chi connectivity index (χ3n) is 2.91. The van der Waals surface area contributed by atoms with E-state index in [1.807, 2.05) is 43.8 Å². The Morgan fingerprint density at radius 1 is 1.53 bits per heavy atom. The highest BCUT2D eigenvalue weighted by atomic mass is 16.1. The fraction of sp³-hybridized carbons (Fsp3) is 0.571. The number of rotatable bonds is 6. The smallest absolute Gasteiger partial charge is 0.164 e. The Balaban J connectivity index is 2.46. The molecule has 0 aliphatic rings. The molecule has 0 atom stereocenters. The van der Waals surface area contributed by atoms with Crippen LogP contribution >= 0.6 is 0 Å². The Hall–Kier alpha value is -1.56. The first-order valence-corrected chi connectivity index (χ1v) is 6.09. The maximum absolute atomic E-state index is 11.4. The lowest BCUT2D eigenvalue weighted by Crippen LogP contribution is -2.09. The van der Waals surface area contributed by atoms with Gasteiger partial charge in [0.2, 0.25) is 0 Å². The van der Waals surface area contributed by atoms with Gasteiger partial charge in [-0.15, -0.1) is 0 Å². The van der Waals surface area contributed by atoms with Gasteiger partial charge in [0.05, 0.1) is 11.5 Å². The number of aryl methyl sites for hydroxylation is 1. The van der Waals surface area contributed by atoms with Gasteiger partial charge in [-0.2, -0.15) is 5.26 Å². The van der Waals surface area contributed by atoms with Crippen LogP contribution in [0.25, 0.3) is 0 Å². The molecule has 1 rings (SSSR count). The molecular formula is C14H20N2O. The van der Waals surface area contributed by atoms with Crippen LogP contribution in [0, 0.1) is 16.7 Å². The molecule has 3 nitrogen and oxygen atoms in total. The second-order valence-electron chi connectivity index (χ2n) is 5.01. The monoisotopic (exact) mass is 232 g/mol. The number of carbonyl (C=O) groups is 1. The molecule has 17 heavy (non-hydrogen) atoms. The molecule has 1 aromatic heterocycles. The lowest BCUT2D eigenvalue weighted by atomic mass is 9.90. The van der Waals surface area contributed by atoms with Gasteiger partial charge in [-0.25, -0.2) is 0 Å². The van der Waals surface area contributed by atoms with E-state index in [9.17, 15) is 4.79 Å². The van der Waals surface area contributed by atoms with Crippen LogP contribution in [0.3, 0.4) is 0 Å². The lowest BCUT2D eigenvalue weighted by molar-refractivity contribution is 0.0988. The highest BCUT2D eigenvalue weighted by molar-refractivity contribution is 5.95. The Morgan fingerprint density at radius 2 is 2.24 bits per heavy atom. The normalized spacial score (nSPS) is 11.2. The highest BCUT2D eigenvalue weighted by Crippen LogP contribution is 2.21. The van der Waals surface area contributed by atoms with E-state index in [1.165, 1.54) is 0 Å². The summed E-state index contributed by atoms with van der Waals surface area (Å²) in [4.78, 5) is 11.4. The Labute approximate surface area is 103 Å². The van der Waals surface area contributed by atoms with Gasteiger partial charge in [0.25, 0.3) is 0 Å². The van der Waals surface area contributed by atoms with E-state index >= 15 is 0 Å². The summed E-state index contributed by atoms with van der Waals surface area (Å²) in [5.41, 5.74) is 0.530. The van der Waals surface area contributed by atoms with E-state index < -0.39 is 0 Å². The Kier molecular flexibility index (Phi) is 4.51. The van der Waals surface area contributed by atoms with Crippen LogP contribution in [0.15, 0.2) is 18.5 Å². The lowest BCUT2D eigenvalue weighted by Gasteiger charge is -2.14. The largest absolute Gasteiger partial charge is 0.354 e. The van der Waals surface area contributed by atoms with Gasteiger partial charge in [0, 0.05) is 30.9 Å². The molecular weight excluding hydrogens is 212 g/mol. The van der Waals surface area contributed by atoms with Crippen molar-refractivity contribution in [2.75, 3.05) is 0 Å². The SMILES string of the molecule is CCC(=O)c1ccn(CCCC(C)(C)C#N)c1. The van der Waals surface area contributed by atoms with Crippen LogP contribution in [-0.4, -0.2) is 10.4 Å². The van der Waals surface area contributed by atoms with Crippen LogP contribution in [-0.2, 0) is 6.54 Å². The summed E-state index contributed by atoms with van der Waals surface area (Å²) in [6, 6.07) is 4.16. The maximum atomic E-state index is 11.4. The number of nitriles is 1. The summed E-state index contributed by atoms with van der Waals surface area (Å²) >= 11 is 0. The summed E-state index contributed by atoms with van der Waals surface area (Å²) in [5, 5.41) is 8.90. The molecule has 0 amide bonds. The van der Waals surface area contributed by atoms with Crippen molar-refractivity contribution < 1.29 is 4.79 Å². The van der Waals surface area contributed by atoms with Crippen molar-refractivity contribution in [3.8, 4) is 6.07 Å². The molecule has 0 saturated heterocycles. The molecule has 1 aromatic rings. The van der Waals surface area contributed by atoms with Gasteiger partial charge in [0.15, 0.2) is 5.78 Å². The first-order chi connectivity index (χ1) is 7.98. The summed E-state index contributed by atoms with van der Waals surface area (Å²) in [6.07, 6.45) is 6.20. The molecule has 0 unspecified atom stereocenters. The zero-order valence-corrected chi connectivity index (χ0v) is 10.9. The van der Waals surface area contributed by atoms with Gasteiger partial charge >= 0.3 is 0 Å². The number of hydrogen-bond donors (Lipinski definition) is 0. The predicted molar refractivity (Wildman–Crippen MR) is 67.7 cm³/mol. The van der Waals surface area contributed by atoms with Gasteiger partial charge in [-0.05, 0) is 32.8 Å². The predicted octanol–water partition coefficient (Wildman–Crippen LogP) is 3.41. The van der Waals surface area contributed by atoms with E-state index in [4.69, 9.17) is 5.26 Å².